The molecule has 1 saturated heterocycles. The van der Waals surface area contributed by atoms with Crippen LogP contribution in [0.15, 0.2) is 42.6 Å². The Morgan fingerprint density at radius 2 is 1.80 bits per heavy atom. The molecule has 0 bridgehead atoms. The third-order valence-electron chi connectivity index (χ3n) is 6.20. The third kappa shape index (κ3) is 5.93. The molecule has 0 atom stereocenters. The van der Waals surface area contributed by atoms with E-state index in [1.54, 1.807) is 40.8 Å². The second-order valence-corrected chi connectivity index (χ2v) is 9.53. The highest BCUT2D eigenvalue weighted by Crippen LogP contribution is 2.33. The molecule has 0 radical (unpaired) electrons. The fraction of sp³-hybridized carbons (Fsp3) is 0.360. The summed E-state index contributed by atoms with van der Waals surface area (Å²) in [5.74, 6) is -0.0577. The molecule has 5 nitrogen and oxygen atoms in total. The molecule has 0 aliphatic carbocycles. The van der Waals surface area contributed by atoms with E-state index in [2.05, 4.69) is 4.74 Å². The summed E-state index contributed by atoms with van der Waals surface area (Å²) in [5.41, 5.74) is 1.54. The highest BCUT2D eigenvalue weighted by Gasteiger charge is 2.31. The molecule has 0 spiro atoms. The van der Waals surface area contributed by atoms with E-state index in [0.29, 0.717) is 46.6 Å². The maximum absolute atomic E-state index is 13.2. The van der Waals surface area contributed by atoms with Gasteiger partial charge in [0, 0.05) is 47.2 Å². The number of ketones is 1. The Bertz CT molecular complexity index is 1260. The van der Waals surface area contributed by atoms with Crippen molar-refractivity contribution < 1.29 is 27.5 Å². The van der Waals surface area contributed by atoms with Gasteiger partial charge in [0.2, 0.25) is 0 Å². The standard InChI is InChI=1S/C25H23Cl2F3N2O3/c1-15(33)12-16-6-9-31(10-7-16)24(34)19-3-4-21(26)20(23(19)27)14-32-11-8-17-13-18(2-5-22(17)32)35-25(28,29)30/h2-5,8,11,13,16H,6-7,9-10,12,14H2,1H3. The van der Waals surface area contributed by atoms with Crippen molar-refractivity contribution in [3.8, 4) is 5.75 Å². The third-order valence-corrected chi connectivity index (χ3v) is 6.98. The van der Waals surface area contributed by atoms with Gasteiger partial charge in [-0.3, -0.25) is 4.79 Å². The number of rotatable bonds is 6. The molecule has 0 saturated carbocycles. The lowest BCUT2D eigenvalue weighted by atomic mass is 9.91. The molecule has 2 heterocycles. The van der Waals surface area contributed by atoms with Crippen LogP contribution in [0.25, 0.3) is 10.9 Å². The quantitative estimate of drug-likeness (QED) is 0.358. The van der Waals surface area contributed by atoms with Gasteiger partial charge < -0.3 is 19.0 Å². The number of carbonyl (C=O) groups is 2. The summed E-state index contributed by atoms with van der Waals surface area (Å²) >= 11 is 13.1. The number of hydrogen-bond donors (Lipinski definition) is 0. The molecule has 0 unspecified atom stereocenters. The van der Waals surface area contributed by atoms with E-state index in [4.69, 9.17) is 23.2 Å². The van der Waals surface area contributed by atoms with E-state index in [1.807, 2.05) is 0 Å². The van der Waals surface area contributed by atoms with Crippen molar-refractivity contribution >= 4 is 45.8 Å². The Hall–Kier alpha value is -2.71. The number of benzene rings is 2. The molecule has 1 aliphatic heterocycles. The zero-order valence-corrected chi connectivity index (χ0v) is 20.4. The highest BCUT2D eigenvalue weighted by atomic mass is 35.5. The maximum Gasteiger partial charge on any atom is 0.573 e. The van der Waals surface area contributed by atoms with Crippen LogP contribution < -0.4 is 4.74 Å². The van der Waals surface area contributed by atoms with Gasteiger partial charge >= 0.3 is 6.36 Å². The van der Waals surface area contributed by atoms with Crippen LogP contribution in [0.1, 0.15) is 42.1 Å². The first-order chi connectivity index (χ1) is 16.5. The van der Waals surface area contributed by atoms with E-state index in [9.17, 15) is 22.8 Å². The zero-order chi connectivity index (χ0) is 25.3. The molecular formula is C25H23Cl2F3N2O3. The number of alkyl halides is 3. The minimum absolute atomic E-state index is 0.154. The van der Waals surface area contributed by atoms with Gasteiger partial charge in [0.15, 0.2) is 0 Å². The van der Waals surface area contributed by atoms with Crippen molar-refractivity contribution in [1.82, 2.24) is 9.47 Å². The number of amides is 1. The molecule has 10 heteroatoms. The number of ether oxygens (including phenoxy) is 1. The van der Waals surface area contributed by atoms with E-state index in [-0.39, 0.29) is 34.9 Å². The zero-order valence-electron chi connectivity index (χ0n) is 18.9. The van der Waals surface area contributed by atoms with Crippen LogP contribution in [0.5, 0.6) is 5.75 Å². The topological polar surface area (TPSA) is 51.5 Å². The number of likely N-dealkylation sites (tertiary alicyclic amines) is 1. The van der Waals surface area contributed by atoms with E-state index in [0.717, 1.165) is 12.8 Å². The SMILES string of the molecule is CC(=O)CC1CCN(C(=O)c2ccc(Cl)c(Cn3ccc4cc(OC(F)(F)F)ccc43)c2Cl)CC1. The van der Waals surface area contributed by atoms with Gasteiger partial charge in [0.25, 0.3) is 5.91 Å². The largest absolute Gasteiger partial charge is 0.573 e. The molecule has 35 heavy (non-hydrogen) atoms. The van der Waals surface area contributed by atoms with Crippen LogP contribution in [-0.4, -0.2) is 40.6 Å². The average Bonchev–Trinajstić information content (AvgIpc) is 3.17. The van der Waals surface area contributed by atoms with Crippen molar-refractivity contribution in [3.05, 3.63) is 63.8 Å². The number of fused-ring (bicyclic) bond motifs is 1. The van der Waals surface area contributed by atoms with Crippen molar-refractivity contribution in [1.29, 1.82) is 0 Å². The Kier molecular flexibility index (Phi) is 7.33. The number of halogens is 5. The normalized spacial score (nSPS) is 15.0. The summed E-state index contributed by atoms with van der Waals surface area (Å²) < 4.78 is 43.4. The molecule has 3 aromatic rings. The Morgan fingerprint density at radius 1 is 1.09 bits per heavy atom. The fourth-order valence-electron chi connectivity index (χ4n) is 4.51. The van der Waals surface area contributed by atoms with Crippen LogP contribution in [0, 0.1) is 5.92 Å². The lowest BCUT2D eigenvalue weighted by Crippen LogP contribution is -2.39. The minimum Gasteiger partial charge on any atom is -0.406 e. The first-order valence-corrected chi connectivity index (χ1v) is 11.9. The molecular weight excluding hydrogens is 504 g/mol. The molecule has 1 aromatic heterocycles. The molecule has 0 N–H and O–H groups in total. The minimum atomic E-state index is -4.77. The summed E-state index contributed by atoms with van der Waals surface area (Å²) in [7, 11) is 0. The second-order valence-electron chi connectivity index (χ2n) is 8.74. The number of hydrogen-bond acceptors (Lipinski definition) is 3. The predicted octanol–water partition coefficient (Wildman–Crippen LogP) is 6.73. The van der Waals surface area contributed by atoms with Crippen LogP contribution in [-0.2, 0) is 11.3 Å². The van der Waals surface area contributed by atoms with Crippen LogP contribution in [0.4, 0.5) is 13.2 Å². The van der Waals surface area contributed by atoms with E-state index < -0.39 is 6.36 Å². The molecule has 1 amide bonds. The Labute approximate surface area is 210 Å². The fourth-order valence-corrected chi connectivity index (χ4v) is 5.08. The molecule has 2 aromatic carbocycles. The Morgan fingerprint density at radius 3 is 2.46 bits per heavy atom. The smallest absolute Gasteiger partial charge is 0.406 e. The van der Waals surface area contributed by atoms with Crippen molar-refractivity contribution in [2.75, 3.05) is 13.1 Å². The molecule has 4 rings (SSSR count). The molecule has 1 fully saturated rings. The van der Waals surface area contributed by atoms with Crippen molar-refractivity contribution in [2.24, 2.45) is 5.92 Å². The maximum atomic E-state index is 13.2. The summed E-state index contributed by atoms with van der Waals surface area (Å²) in [6.45, 7) is 2.91. The number of carbonyl (C=O) groups excluding carboxylic acids is 2. The molecule has 1 aliphatic rings. The monoisotopic (exact) mass is 526 g/mol. The first kappa shape index (κ1) is 25.4. The van der Waals surface area contributed by atoms with Crippen molar-refractivity contribution in [2.45, 2.75) is 39.1 Å². The van der Waals surface area contributed by atoms with Crippen LogP contribution >= 0.6 is 23.2 Å². The summed E-state index contributed by atoms with van der Waals surface area (Å²) in [6, 6.07) is 8.97. The number of piperidine rings is 1. The van der Waals surface area contributed by atoms with Gasteiger partial charge in [-0.15, -0.1) is 13.2 Å². The van der Waals surface area contributed by atoms with Gasteiger partial charge in [-0.25, -0.2) is 0 Å². The highest BCUT2D eigenvalue weighted by molar-refractivity contribution is 6.38. The van der Waals surface area contributed by atoms with Gasteiger partial charge in [-0.05, 0) is 62.1 Å². The number of aromatic nitrogens is 1. The van der Waals surface area contributed by atoms with Crippen LogP contribution in [0.2, 0.25) is 10.0 Å². The van der Waals surface area contributed by atoms with E-state index >= 15 is 0 Å². The number of nitrogens with zero attached hydrogens (tertiary/aromatic N) is 2. The summed E-state index contributed by atoms with van der Waals surface area (Å²) in [6.07, 6.45) is -1.00. The second kappa shape index (κ2) is 10.1. The van der Waals surface area contributed by atoms with Gasteiger partial charge in [0.05, 0.1) is 17.1 Å². The summed E-state index contributed by atoms with van der Waals surface area (Å²) in [5, 5.41) is 1.18. The lowest BCUT2D eigenvalue weighted by molar-refractivity contribution is -0.274. The lowest BCUT2D eigenvalue weighted by Gasteiger charge is -2.32. The van der Waals surface area contributed by atoms with Crippen LogP contribution in [0.3, 0.4) is 0 Å². The summed E-state index contributed by atoms with van der Waals surface area (Å²) in [4.78, 5) is 26.3. The van der Waals surface area contributed by atoms with Gasteiger partial charge in [-0.1, -0.05) is 23.2 Å². The number of Topliss-reactive ketones (excluding diaryl/α,β-unsaturated/α-hetero) is 1. The van der Waals surface area contributed by atoms with Gasteiger partial charge in [-0.2, -0.15) is 0 Å². The van der Waals surface area contributed by atoms with Crippen molar-refractivity contribution in [3.63, 3.8) is 0 Å². The molecule has 186 valence electrons. The average molecular weight is 527 g/mol. The predicted molar refractivity (Wildman–Crippen MR) is 128 cm³/mol. The van der Waals surface area contributed by atoms with E-state index in [1.165, 1.54) is 18.2 Å². The van der Waals surface area contributed by atoms with Gasteiger partial charge in [0.1, 0.15) is 11.5 Å². The Balaban J connectivity index is 1.54. The first-order valence-electron chi connectivity index (χ1n) is 11.1.